The molecule has 1 aromatic carbocycles. The fourth-order valence-electron chi connectivity index (χ4n) is 3.12. The smallest absolute Gasteiger partial charge is 0.278 e. The number of aromatic nitrogens is 1. The highest BCUT2D eigenvalue weighted by Crippen LogP contribution is 2.41. The van der Waals surface area contributed by atoms with Crippen molar-refractivity contribution in [1.29, 1.82) is 0 Å². The van der Waals surface area contributed by atoms with Crippen LogP contribution in [-0.2, 0) is 0 Å². The molecule has 1 aliphatic rings. The predicted octanol–water partition coefficient (Wildman–Crippen LogP) is 6.18. The number of carbonyl (C=O) groups is 1. The van der Waals surface area contributed by atoms with Crippen LogP contribution in [0.4, 0.5) is 0 Å². The van der Waals surface area contributed by atoms with Crippen LogP contribution in [0, 0.1) is 0 Å². The third-order valence-corrected chi connectivity index (χ3v) is 7.52. The van der Waals surface area contributed by atoms with Crippen molar-refractivity contribution >= 4 is 76.9 Å². The van der Waals surface area contributed by atoms with Crippen molar-refractivity contribution < 1.29 is 9.90 Å². The number of aromatic hydroxyl groups is 1. The van der Waals surface area contributed by atoms with E-state index in [0.717, 1.165) is 34.0 Å². The van der Waals surface area contributed by atoms with Crippen LogP contribution in [0.25, 0.3) is 21.3 Å². The molecule has 4 nitrogen and oxygen atoms in total. The van der Waals surface area contributed by atoms with Crippen LogP contribution in [0.15, 0.2) is 49.0 Å². The van der Waals surface area contributed by atoms with Crippen molar-refractivity contribution in [3.05, 3.63) is 60.0 Å². The van der Waals surface area contributed by atoms with Crippen molar-refractivity contribution in [2.75, 3.05) is 0 Å². The van der Waals surface area contributed by atoms with E-state index in [4.69, 9.17) is 0 Å². The Morgan fingerprint density at radius 1 is 0.923 bits per heavy atom. The zero-order valence-corrected chi connectivity index (χ0v) is 17.6. The average Bonchev–Trinajstić information content (AvgIpc) is 3.36. The number of benzene rings is 1. The molecule has 0 saturated carbocycles. The number of aliphatic imine (C=N–C) groups is 1. The van der Waals surface area contributed by atoms with E-state index in [1.165, 1.54) is 11.3 Å². The fourth-order valence-corrected chi connectivity index (χ4v) is 5.91. The minimum Gasteiger partial charge on any atom is -0.494 e. The second-order valence-electron chi connectivity index (χ2n) is 5.77. The van der Waals surface area contributed by atoms with Gasteiger partial charge in [0, 0.05) is 16.3 Å². The van der Waals surface area contributed by atoms with Crippen molar-refractivity contribution in [3.8, 4) is 16.5 Å². The molecule has 26 heavy (non-hydrogen) atoms. The van der Waals surface area contributed by atoms with Gasteiger partial charge in [-0.05, 0) is 68.3 Å². The van der Waals surface area contributed by atoms with Crippen LogP contribution >= 0.6 is 54.5 Å². The molecule has 4 heterocycles. The number of halogens is 2. The molecule has 8 heteroatoms. The minimum atomic E-state index is -0.250. The van der Waals surface area contributed by atoms with Gasteiger partial charge in [-0.1, -0.05) is 0 Å². The Hall–Kier alpha value is -1.74. The van der Waals surface area contributed by atoms with Crippen LogP contribution in [0.3, 0.4) is 0 Å². The first-order valence-electron chi connectivity index (χ1n) is 7.55. The number of thiophene rings is 2. The molecule has 0 radical (unpaired) electrons. The van der Waals surface area contributed by atoms with Gasteiger partial charge in [-0.15, -0.1) is 22.7 Å². The third kappa shape index (κ3) is 2.44. The molecule has 5 rings (SSSR count). The Labute approximate surface area is 172 Å². The minimum absolute atomic E-state index is 0.0911. The first-order chi connectivity index (χ1) is 12.5. The molecule has 0 spiro atoms. The van der Waals surface area contributed by atoms with Gasteiger partial charge < -0.3 is 10.1 Å². The second kappa shape index (κ2) is 5.88. The Kier molecular flexibility index (Phi) is 3.72. The van der Waals surface area contributed by atoms with E-state index in [0.29, 0.717) is 16.7 Å². The number of fused-ring (bicyclic) bond motifs is 2. The average molecular weight is 508 g/mol. The lowest BCUT2D eigenvalue weighted by Crippen LogP contribution is -1.98. The van der Waals surface area contributed by atoms with Gasteiger partial charge in [-0.3, -0.25) is 4.79 Å². The van der Waals surface area contributed by atoms with E-state index in [2.05, 4.69) is 41.8 Å². The highest BCUT2D eigenvalue weighted by Gasteiger charge is 2.28. The molecule has 1 aliphatic heterocycles. The van der Waals surface area contributed by atoms with Crippen LogP contribution in [0.2, 0.25) is 0 Å². The molecule has 0 saturated heterocycles. The number of aromatic amines is 1. The fraction of sp³-hybridized carbons (Fsp3) is 0. The molecule has 0 bridgehead atoms. The molecule has 3 aromatic heterocycles. The van der Waals surface area contributed by atoms with E-state index in [1.54, 1.807) is 11.3 Å². The second-order valence-corrected chi connectivity index (χ2v) is 10.7. The zero-order valence-electron chi connectivity index (χ0n) is 12.8. The lowest BCUT2D eigenvalue weighted by molar-refractivity contribution is 0.101. The van der Waals surface area contributed by atoms with Crippen LogP contribution in [0.5, 0.6) is 5.88 Å². The number of hydrogen-bond acceptors (Lipinski definition) is 4. The molecule has 0 fully saturated rings. The summed E-state index contributed by atoms with van der Waals surface area (Å²) in [5.74, 6) is -0.159. The van der Waals surface area contributed by atoms with Crippen molar-refractivity contribution in [2.45, 2.75) is 0 Å². The molecule has 1 amide bonds. The Morgan fingerprint density at radius 2 is 1.58 bits per heavy atom. The molecule has 0 aliphatic carbocycles. The quantitative estimate of drug-likeness (QED) is 0.340. The van der Waals surface area contributed by atoms with Crippen LogP contribution in [0.1, 0.15) is 20.8 Å². The number of nitrogens with zero attached hydrogens (tertiary/aromatic N) is 1. The summed E-state index contributed by atoms with van der Waals surface area (Å²) in [6, 6.07) is 11.5. The monoisotopic (exact) mass is 506 g/mol. The molecule has 128 valence electrons. The van der Waals surface area contributed by atoms with Gasteiger partial charge in [0.1, 0.15) is 0 Å². The van der Waals surface area contributed by atoms with E-state index in [1.807, 2.05) is 36.4 Å². The van der Waals surface area contributed by atoms with E-state index in [9.17, 15) is 9.90 Å². The highest BCUT2D eigenvalue weighted by molar-refractivity contribution is 9.11. The number of nitrogens with one attached hydrogen (secondary N) is 1. The van der Waals surface area contributed by atoms with Crippen LogP contribution < -0.4 is 0 Å². The predicted molar refractivity (Wildman–Crippen MR) is 113 cm³/mol. The summed E-state index contributed by atoms with van der Waals surface area (Å²) in [4.78, 5) is 21.7. The van der Waals surface area contributed by atoms with E-state index < -0.39 is 0 Å². The Morgan fingerprint density at radius 3 is 2.23 bits per heavy atom. The number of rotatable bonds is 2. The normalized spacial score (nSPS) is 13.5. The van der Waals surface area contributed by atoms with Gasteiger partial charge in [0.25, 0.3) is 5.91 Å². The van der Waals surface area contributed by atoms with Gasteiger partial charge in [0.15, 0.2) is 5.88 Å². The SMILES string of the molecule is O=C1N=C(c2ccc(Br)s2)c2cc3c(O)[nH]c(-c4ccc(Br)s4)c3cc21. The maximum atomic E-state index is 12.5. The lowest BCUT2D eigenvalue weighted by atomic mass is 9.99. The largest absolute Gasteiger partial charge is 0.494 e. The molecule has 0 atom stereocenters. The Balaban J connectivity index is 1.74. The standard InChI is InChI=1S/C18H8Br2N2O2S2/c19-13-3-1-11(25-13)15-7-5-10-8(6-9(7)17(23)21-15)16(22-18(10)24)12-2-4-14(20)26-12/h1-6,21,23H. The Bertz CT molecular complexity index is 1250. The first kappa shape index (κ1) is 16.4. The van der Waals surface area contributed by atoms with E-state index in [-0.39, 0.29) is 11.8 Å². The summed E-state index contributed by atoms with van der Waals surface area (Å²) >= 11 is 10.00. The van der Waals surface area contributed by atoms with Gasteiger partial charge in [-0.2, -0.15) is 0 Å². The molecule has 0 unspecified atom stereocenters. The molecule has 2 N–H and O–H groups in total. The molecular formula is C18H8Br2N2O2S2. The highest BCUT2D eigenvalue weighted by atomic mass is 79.9. The van der Waals surface area contributed by atoms with Crippen molar-refractivity contribution in [1.82, 2.24) is 4.98 Å². The lowest BCUT2D eigenvalue weighted by Gasteiger charge is -2.02. The maximum absolute atomic E-state index is 12.5. The zero-order chi connectivity index (χ0) is 18.0. The van der Waals surface area contributed by atoms with Gasteiger partial charge in [0.05, 0.1) is 34.3 Å². The van der Waals surface area contributed by atoms with E-state index >= 15 is 0 Å². The number of carbonyl (C=O) groups excluding carboxylic acids is 1. The van der Waals surface area contributed by atoms with Crippen molar-refractivity contribution in [2.24, 2.45) is 4.99 Å². The first-order valence-corrected chi connectivity index (χ1v) is 10.8. The molecule has 4 aromatic rings. The topological polar surface area (TPSA) is 65.4 Å². The summed E-state index contributed by atoms with van der Waals surface area (Å²) in [6.45, 7) is 0. The van der Waals surface area contributed by atoms with Gasteiger partial charge >= 0.3 is 0 Å². The third-order valence-electron chi connectivity index (χ3n) is 4.25. The summed E-state index contributed by atoms with van der Waals surface area (Å²) in [5, 5.41) is 11.9. The van der Waals surface area contributed by atoms with Crippen molar-refractivity contribution in [3.63, 3.8) is 0 Å². The number of hydrogen-bond donors (Lipinski definition) is 2. The van der Waals surface area contributed by atoms with Gasteiger partial charge in [0.2, 0.25) is 0 Å². The van der Waals surface area contributed by atoms with Crippen LogP contribution in [-0.4, -0.2) is 21.7 Å². The number of amides is 1. The summed E-state index contributed by atoms with van der Waals surface area (Å²) < 4.78 is 1.98. The summed E-state index contributed by atoms with van der Waals surface area (Å²) in [6.07, 6.45) is 0. The maximum Gasteiger partial charge on any atom is 0.278 e. The number of H-pyrrole nitrogens is 1. The summed E-state index contributed by atoms with van der Waals surface area (Å²) in [5.41, 5.74) is 2.78. The van der Waals surface area contributed by atoms with Gasteiger partial charge in [-0.25, -0.2) is 4.99 Å². The molecular weight excluding hydrogens is 500 g/mol. The summed E-state index contributed by atoms with van der Waals surface area (Å²) in [7, 11) is 0.